The topological polar surface area (TPSA) is 58.6 Å². The molecule has 0 unspecified atom stereocenters. The Kier molecular flexibility index (Phi) is 4.59. The van der Waals surface area contributed by atoms with E-state index in [1.54, 1.807) is 0 Å². The molecule has 18 heavy (non-hydrogen) atoms. The van der Waals surface area contributed by atoms with Gasteiger partial charge in [-0.3, -0.25) is 0 Å². The van der Waals surface area contributed by atoms with Crippen LogP contribution in [0.5, 0.6) is 0 Å². The maximum absolute atomic E-state index is 11.6. The zero-order valence-electron chi connectivity index (χ0n) is 10.3. The molecule has 0 radical (unpaired) electrons. The fraction of sp³-hybridized carbons (Fsp3) is 0.500. The van der Waals surface area contributed by atoms with Gasteiger partial charge in [-0.15, -0.1) is 0 Å². The monoisotopic (exact) mass is 249 g/mol. The molecule has 0 heterocycles. The molecule has 1 aromatic carbocycles. The molecular formula is C14H19NO3. The second-order valence-electron chi connectivity index (χ2n) is 4.76. The van der Waals surface area contributed by atoms with Crippen molar-refractivity contribution in [2.24, 2.45) is 5.92 Å². The van der Waals surface area contributed by atoms with Crippen molar-refractivity contribution < 1.29 is 14.6 Å². The van der Waals surface area contributed by atoms with E-state index >= 15 is 0 Å². The smallest absolute Gasteiger partial charge is 0.407 e. The van der Waals surface area contributed by atoms with Crippen LogP contribution in [0.1, 0.15) is 24.8 Å². The third-order valence-corrected chi connectivity index (χ3v) is 3.33. The largest absolute Gasteiger partial charge is 0.445 e. The third kappa shape index (κ3) is 3.74. The van der Waals surface area contributed by atoms with Gasteiger partial charge in [0.1, 0.15) is 6.61 Å². The number of amides is 1. The number of hydrogen-bond donors (Lipinski definition) is 2. The van der Waals surface area contributed by atoms with Gasteiger partial charge in [-0.25, -0.2) is 4.79 Å². The van der Waals surface area contributed by atoms with Gasteiger partial charge >= 0.3 is 6.09 Å². The zero-order valence-corrected chi connectivity index (χ0v) is 10.3. The molecule has 0 aliphatic heterocycles. The number of ether oxygens (including phenoxy) is 1. The van der Waals surface area contributed by atoms with Crippen molar-refractivity contribution >= 4 is 6.09 Å². The van der Waals surface area contributed by atoms with Crippen LogP contribution in [-0.2, 0) is 11.3 Å². The van der Waals surface area contributed by atoms with E-state index in [1.165, 1.54) is 0 Å². The summed E-state index contributed by atoms with van der Waals surface area (Å²) in [7, 11) is 0. The molecule has 1 amide bonds. The van der Waals surface area contributed by atoms with Gasteiger partial charge in [0.2, 0.25) is 0 Å². The number of aliphatic hydroxyl groups is 1. The molecule has 0 spiro atoms. The van der Waals surface area contributed by atoms with E-state index < -0.39 is 0 Å². The lowest BCUT2D eigenvalue weighted by Crippen LogP contribution is -2.33. The van der Waals surface area contributed by atoms with Gasteiger partial charge < -0.3 is 15.2 Å². The summed E-state index contributed by atoms with van der Waals surface area (Å²) in [5.41, 5.74) is 0.979. The molecule has 4 nitrogen and oxygen atoms in total. The molecule has 2 atom stereocenters. The molecule has 1 aromatic rings. The molecule has 1 aliphatic rings. The lowest BCUT2D eigenvalue weighted by atomic mass is 10.1. The van der Waals surface area contributed by atoms with E-state index in [9.17, 15) is 4.79 Å². The van der Waals surface area contributed by atoms with E-state index in [-0.39, 0.29) is 18.7 Å². The van der Waals surface area contributed by atoms with Gasteiger partial charge in [0, 0.05) is 12.6 Å². The van der Waals surface area contributed by atoms with Crippen LogP contribution >= 0.6 is 0 Å². The SMILES string of the molecule is O=C(N[C@H]1CC[C@H](CO)C1)OCc1ccccc1. The van der Waals surface area contributed by atoms with Gasteiger partial charge in [0.05, 0.1) is 0 Å². The highest BCUT2D eigenvalue weighted by Crippen LogP contribution is 2.24. The second-order valence-corrected chi connectivity index (χ2v) is 4.76. The number of aliphatic hydroxyl groups excluding tert-OH is 1. The molecule has 1 aliphatic carbocycles. The van der Waals surface area contributed by atoms with Crippen molar-refractivity contribution in [2.45, 2.75) is 31.9 Å². The van der Waals surface area contributed by atoms with Crippen LogP contribution in [0.2, 0.25) is 0 Å². The Balaban J connectivity index is 1.70. The highest BCUT2D eigenvalue weighted by Gasteiger charge is 2.25. The Hall–Kier alpha value is -1.55. The van der Waals surface area contributed by atoms with Crippen molar-refractivity contribution in [3.63, 3.8) is 0 Å². The number of nitrogens with one attached hydrogen (secondary N) is 1. The predicted octanol–water partition coefficient (Wildman–Crippen LogP) is 2.07. The Morgan fingerprint density at radius 1 is 1.33 bits per heavy atom. The lowest BCUT2D eigenvalue weighted by molar-refractivity contribution is 0.135. The quantitative estimate of drug-likeness (QED) is 0.859. The number of rotatable bonds is 4. The van der Waals surface area contributed by atoms with Gasteiger partial charge in [0.15, 0.2) is 0 Å². The van der Waals surface area contributed by atoms with Crippen LogP contribution in [0, 0.1) is 5.92 Å². The molecule has 0 bridgehead atoms. The number of carbonyl (C=O) groups excluding carboxylic acids is 1. The summed E-state index contributed by atoms with van der Waals surface area (Å²) >= 11 is 0. The predicted molar refractivity (Wildman–Crippen MR) is 68.0 cm³/mol. The van der Waals surface area contributed by atoms with E-state index in [4.69, 9.17) is 9.84 Å². The zero-order chi connectivity index (χ0) is 12.8. The minimum absolute atomic E-state index is 0.144. The standard InChI is InChI=1S/C14H19NO3/c16-9-12-6-7-13(8-12)15-14(17)18-10-11-4-2-1-3-5-11/h1-5,12-13,16H,6-10H2,(H,15,17)/t12-,13-/m0/s1. The fourth-order valence-corrected chi connectivity index (χ4v) is 2.30. The lowest BCUT2D eigenvalue weighted by Gasteiger charge is -2.13. The normalized spacial score (nSPS) is 22.7. The van der Waals surface area contributed by atoms with Crippen molar-refractivity contribution in [3.8, 4) is 0 Å². The summed E-state index contributed by atoms with van der Waals surface area (Å²) in [6, 6.07) is 9.75. The maximum atomic E-state index is 11.6. The van der Waals surface area contributed by atoms with Gasteiger partial charge in [0.25, 0.3) is 0 Å². The molecule has 0 saturated heterocycles. The first-order valence-electron chi connectivity index (χ1n) is 6.36. The van der Waals surface area contributed by atoms with Crippen molar-refractivity contribution in [3.05, 3.63) is 35.9 Å². The fourth-order valence-electron chi connectivity index (χ4n) is 2.30. The molecule has 2 rings (SSSR count). The van der Waals surface area contributed by atoms with Gasteiger partial charge in [-0.2, -0.15) is 0 Å². The first-order chi connectivity index (χ1) is 8.78. The minimum atomic E-state index is -0.373. The van der Waals surface area contributed by atoms with Crippen LogP contribution in [0.4, 0.5) is 4.79 Å². The minimum Gasteiger partial charge on any atom is -0.445 e. The summed E-state index contributed by atoms with van der Waals surface area (Å²) in [5.74, 6) is 0.324. The van der Waals surface area contributed by atoms with Crippen LogP contribution in [0.3, 0.4) is 0 Å². The van der Waals surface area contributed by atoms with Crippen molar-refractivity contribution in [1.29, 1.82) is 0 Å². The molecular weight excluding hydrogens is 230 g/mol. The van der Waals surface area contributed by atoms with Crippen LogP contribution in [0.15, 0.2) is 30.3 Å². The summed E-state index contributed by atoms with van der Waals surface area (Å²) in [6.07, 6.45) is 2.37. The Morgan fingerprint density at radius 3 is 2.78 bits per heavy atom. The first kappa shape index (κ1) is 12.9. The van der Waals surface area contributed by atoms with Crippen LogP contribution in [0.25, 0.3) is 0 Å². The molecule has 1 saturated carbocycles. The average molecular weight is 249 g/mol. The molecule has 98 valence electrons. The summed E-state index contributed by atoms with van der Waals surface area (Å²) in [6.45, 7) is 0.500. The van der Waals surface area contributed by atoms with Gasteiger partial charge in [-0.05, 0) is 30.7 Å². The maximum Gasteiger partial charge on any atom is 0.407 e. The van der Waals surface area contributed by atoms with Gasteiger partial charge in [-0.1, -0.05) is 30.3 Å². The molecule has 1 fully saturated rings. The Bertz CT molecular complexity index is 380. The average Bonchev–Trinajstić information content (AvgIpc) is 2.85. The van der Waals surface area contributed by atoms with Crippen LogP contribution in [-0.4, -0.2) is 23.8 Å². The summed E-state index contributed by atoms with van der Waals surface area (Å²) < 4.78 is 5.15. The van der Waals surface area contributed by atoms with Crippen molar-refractivity contribution in [1.82, 2.24) is 5.32 Å². The van der Waals surface area contributed by atoms with E-state index in [2.05, 4.69) is 5.32 Å². The Labute approximate surface area is 107 Å². The Morgan fingerprint density at radius 2 is 2.11 bits per heavy atom. The highest BCUT2D eigenvalue weighted by atomic mass is 16.5. The number of benzene rings is 1. The van der Waals surface area contributed by atoms with E-state index in [0.29, 0.717) is 12.5 Å². The number of carbonyl (C=O) groups is 1. The van der Waals surface area contributed by atoms with Crippen molar-refractivity contribution in [2.75, 3.05) is 6.61 Å². The first-order valence-corrected chi connectivity index (χ1v) is 6.36. The van der Waals surface area contributed by atoms with E-state index in [1.807, 2.05) is 30.3 Å². The summed E-state index contributed by atoms with van der Waals surface area (Å²) in [4.78, 5) is 11.6. The molecule has 2 N–H and O–H groups in total. The summed E-state index contributed by atoms with van der Waals surface area (Å²) in [5, 5.41) is 11.9. The molecule has 0 aromatic heterocycles. The highest BCUT2D eigenvalue weighted by molar-refractivity contribution is 5.67. The number of hydrogen-bond acceptors (Lipinski definition) is 3. The number of alkyl carbamates (subject to hydrolysis) is 1. The van der Waals surface area contributed by atoms with E-state index in [0.717, 1.165) is 24.8 Å². The van der Waals surface area contributed by atoms with Crippen LogP contribution < -0.4 is 5.32 Å². The molecule has 4 heteroatoms. The second kappa shape index (κ2) is 6.40. The third-order valence-electron chi connectivity index (χ3n) is 3.33.